The standard InChI is InChI=1S/C17H18F3N3O4S/c1-3-27-15-7-6-12(17(18,19)20)9-14(15)22-16(24)11-23(2)28(25,26)13-5-4-8-21-10-13/h4-10H,3,11H2,1-2H3,(H,22,24). The molecule has 0 fully saturated rings. The van der Waals surface area contributed by atoms with Crippen molar-refractivity contribution in [3.63, 3.8) is 0 Å². The fourth-order valence-corrected chi connectivity index (χ4v) is 3.33. The summed E-state index contributed by atoms with van der Waals surface area (Å²) in [5.41, 5.74) is -1.17. The number of likely N-dealkylation sites (N-methyl/N-ethyl adjacent to an activating group) is 1. The fourth-order valence-electron chi connectivity index (χ4n) is 2.24. The van der Waals surface area contributed by atoms with Gasteiger partial charge in [0.15, 0.2) is 0 Å². The first-order chi connectivity index (χ1) is 13.1. The van der Waals surface area contributed by atoms with Crippen LogP contribution in [0.1, 0.15) is 12.5 Å². The smallest absolute Gasteiger partial charge is 0.416 e. The topological polar surface area (TPSA) is 88.6 Å². The third kappa shape index (κ3) is 5.20. The summed E-state index contributed by atoms with van der Waals surface area (Å²) < 4.78 is 69.6. The number of amides is 1. The SMILES string of the molecule is CCOc1ccc(C(F)(F)F)cc1NC(=O)CN(C)S(=O)(=O)c1cccnc1. The lowest BCUT2D eigenvalue weighted by molar-refractivity contribution is -0.137. The average Bonchev–Trinajstić information content (AvgIpc) is 2.63. The molecule has 1 aromatic heterocycles. The molecule has 11 heteroatoms. The van der Waals surface area contributed by atoms with Crippen LogP contribution in [0.15, 0.2) is 47.6 Å². The zero-order valence-electron chi connectivity index (χ0n) is 15.0. The van der Waals surface area contributed by atoms with Gasteiger partial charge in [0.2, 0.25) is 15.9 Å². The maximum absolute atomic E-state index is 12.9. The highest BCUT2D eigenvalue weighted by atomic mass is 32.2. The van der Waals surface area contributed by atoms with E-state index in [0.717, 1.165) is 28.7 Å². The second kappa shape index (κ2) is 8.57. The second-order valence-corrected chi connectivity index (χ2v) is 7.68. The number of alkyl halides is 3. The van der Waals surface area contributed by atoms with Crippen molar-refractivity contribution < 1.29 is 31.1 Å². The fraction of sp³-hybridized carbons (Fsp3) is 0.294. The molecule has 0 aliphatic carbocycles. The molecule has 0 bridgehead atoms. The summed E-state index contributed by atoms with van der Waals surface area (Å²) in [4.78, 5) is 15.9. The highest BCUT2D eigenvalue weighted by molar-refractivity contribution is 7.89. The largest absolute Gasteiger partial charge is 0.492 e. The van der Waals surface area contributed by atoms with Crippen LogP contribution in [0.25, 0.3) is 0 Å². The number of hydrogen-bond acceptors (Lipinski definition) is 5. The molecule has 0 spiro atoms. The van der Waals surface area contributed by atoms with Gasteiger partial charge in [-0.1, -0.05) is 0 Å². The molecule has 28 heavy (non-hydrogen) atoms. The summed E-state index contributed by atoms with van der Waals surface area (Å²) in [5, 5.41) is 2.28. The van der Waals surface area contributed by atoms with Crippen molar-refractivity contribution in [1.82, 2.24) is 9.29 Å². The van der Waals surface area contributed by atoms with Crippen LogP contribution in [-0.4, -0.2) is 43.8 Å². The molecular weight excluding hydrogens is 399 g/mol. The molecule has 0 aliphatic heterocycles. The van der Waals surface area contributed by atoms with E-state index in [1.54, 1.807) is 6.92 Å². The monoisotopic (exact) mass is 417 g/mol. The molecule has 0 radical (unpaired) electrons. The van der Waals surface area contributed by atoms with Gasteiger partial charge in [0, 0.05) is 19.4 Å². The van der Waals surface area contributed by atoms with Crippen LogP contribution in [-0.2, 0) is 21.0 Å². The number of carbonyl (C=O) groups is 1. The number of aromatic nitrogens is 1. The summed E-state index contributed by atoms with van der Waals surface area (Å²) in [6.07, 6.45) is -2.08. The first kappa shape index (κ1) is 21.6. The van der Waals surface area contributed by atoms with Gasteiger partial charge < -0.3 is 10.1 Å². The number of anilines is 1. The Morgan fingerprint density at radius 1 is 1.29 bits per heavy atom. The Balaban J connectivity index is 2.20. The Bertz CT molecular complexity index is 934. The number of nitrogens with one attached hydrogen (secondary N) is 1. The molecule has 1 heterocycles. The molecular formula is C17H18F3N3O4S. The van der Waals surface area contributed by atoms with E-state index < -0.39 is 34.2 Å². The summed E-state index contributed by atoms with van der Waals surface area (Å²) in [6, 6.07) is 5.41. The van der Waals surface area contributed by atoms with Crippen molar-refractivity contribution in [1.29, 1.82) is 0 Å². The van der Waals surface area contributed by atoms with Crippen molar-refractivity contribution in [2.75, 3.05) is 25.5 Å². The highest BCUT2D eigenvalue weighted by Gasteiger charge is 2.31. The minimum atomic E-state index is -4.61. The normalized spacial score (nSPS) is 12.1. The van der Waals surface area contributed by atoms with Gasteiger partial charge in [-0.3, -0.25) is 9.78 Å². The first-order valence-electron chi connectivity index (χ1n) is 8.06. The Morgan fingerprint density at radius 3 is 2.57 bits per heavy atom. The number of pyridine rings is 1. The molecule has 7 nitrogen and oxygen atoms in total. The van der Waals surface area contributed by atoms with Crippen molar-refractivity contribution in [2.45, 2.75) is 18.0 Å². The number of carbonyl (C=O) groups excluding carboxylic acids is 1. The zero-order chi connectivity index (χ0) is 20.9. The zero-order valence-corrected chi connectivity index (χ0v) is 15.8. The third-order valence-corrected chi connectivity index (χ3v) is 5.38. The van der Waals surface area contributed by atoms with E-state index in [2.05, 4.69) is 10.3 Å². The van der Waals surface area contributed by atoms with Crippen LogP contribution in [0, 0.1) is 0 Å². The number of nitrogens with zero attached hydrogens (tertiary/aromatic N) is 2. The van der Waals surface area contributed by atoms with Crippen LogP contribution in [0.5, 0.6) is 5.75 Å². The van der Waals surface area contributed by atoms with Crippen LogP contribution in [0.3, 0.4) is 0 Å². The van der Waals surface area contributed by atoms with Gasteiger partial charge in [-0.05, 0) is 37.3 Å². The molecule has 0 saturated heterocycles. The predicted octanol–water partition coefficient (Wildman–Crippen LogP) is 2.76. The molecule has 0 aliphatic rings. The highest BCUT2D eigenvalue weighted by Crippen LogP contribution is 2.35. The molecule has 0 unspecified atom stereocenters. The van der Waals surface area contributed by atoms with Gasteiger partial charge in [-0.15, -0.1) is 0 Å². The summed E-state index contributed by atoms with van der Waals surface area (Å²) >= 11 is 0. The second-order valence-electron chi connectivity index (χ2n) is 5.64. The lowest BCUT2D eigenvalue weighted by Crippen LogP contribution is -2.35. The maximum Gasteiger partial charge on any atom is 0.416 e. The quantitative estimate of drug-likeness (QED) is 0.749. The van der Waals surface area contributed by atoms with E-state index in [4.69, 9.17) is 4.74 Å². The van der Waals surface area contributed by atoms with E-state index in [1.165, 1.54) is 25.4 Å². The number of halogens is 3. The van der Waals surface area contributed by atoms with Crippen molar-refractivity contribution in [2.24, 2.45) is 0 Å². The van der Waals surface area contributed by atoms with Crippen LogP contribution in [0.4, 0.5) is 18.9 Å². The van der Waals surface area contributed by atoms with Gasteiger partial charge in [-0.25, -0.2) is 8.42 Å². The van der Waals surface area contributed by atoms with Gasteiger partial charge >= 0.3 is 6.18 Å². The molecule has 2 aromatic rings. The van der Waals surface area contributed by atoms with Gasteiger partial charge in [0.25, 0.3) is 0 Å². The van der Waals surface area contributed by atoms with E-state index in [-0.39, 0.29) is 22.9 Å². The van der Waals surface area contributed by atoms with E-state index in [9.17, 15) is 26.4 Å². The number of benzene rings is 1. The van der Waals surface area contributed by atoms with Crippen LogP contribution >= 0.6 is 0 Å². The molecule has 1 aromatic carbocycles. The molecule has 0 atom stereocenters. The summed E-state index contributed by atoms with van der Waals surface area (Å²) in [5.74, 6) is -0.781. The Morgan fingerprint density at radius 2 is 2.00 bits per heavy atom. The molecule has 0 saturated carbocycles. The van der Waals surface area contributed by atoms with Crippen LogP contribution < -0.4 is 10.1 Å². The minimum Gasteiger partial charge on any atom is -0.492 e. The maximum atomic E-state index is 12.9. The van der Waals surface area contributed by atoms with Gasteiger partial charge in [-0.2, -0.15) is 17.5 Å². The van der Waals surface area contributed by atoms with Crippen molar-refractivity contribution >= 4 is 21.6 Å². The van der Waals surface area contributed by atoms with Gasteiger partial charge in [0.1, 0.15) is 10.6 Å². The number of hydrogen-bond donors (Lipinski definition) is 1. The molecule has 1 N–H and O–H groups in total. The molecule has 152 valence electrons. The Hall–Kier alpha value is -2.66. The third-order valence-electron chi connectivity index (χ3n) is 3.59. The Labute approximate surface area is 160 Å². The minimum absolute atomic E-state index is 0.0432. The molecule has 2 rings (SSSR count). The lowest BCUT2D eigenvalue weighted by Gasteiger charge is -2.18. The lowest BCUT2D eigenvalue weighted by atomic mass is 10.1. The van der Waals surface area contributed by atoms with Gasteiger partial charge in [0.05, 0.1) is 24.4 Å². The summed E-state index contributed by atoms with van der Waals surface area (Å²) in [6.45, 7) is 1.19. The Kier molecular flexibility index (Phi) is 6.62. The van der Waals surface area contributed by atoms with E-state index in [0.29, 0.717) is 0 Å². The molecule has 1 amide bonds. The van der Waals surface area contributed by atoms with E-state index in [1.807, 2.05) is 0 Å². The average molecular weight is 417 g/mol. The van der Waals surface area contributed by atoms with E-state index >= 15 is 0 Å². The predicted molar refractivity (Wildman–Crippen MR) is 95.3 cm³/mol. The van der Waals surface area contributed by atoms with Crippen LogP contribution in [0.2, 0.25) is 0 Å². The van der Waals surface area contributed by atoms with Crippen molar-refractivity contribution in [3.05, 3.63) is 48.3 Å². The first-order valence-corrected chi connectivity index (χ1v) is 9.50. The number of ether oxygens (including phenoxy) is 1. The van der Waals surface area contributed by atoms with Crippen molar-refractivity contribution in [3.8, 4) is 5.75 Å². The number of sulfonamides is 1. The summed E-state index contributed by atoms with van der Waals surface area (Å²) in [7, 11) is -2.80. The number of rotatable bonds is 7.